The maximum absolute atomic E-state index is 5.96. The monoisotopic (exact) mass is 349 g/mol. The lowest BCUT2D eigenvalue weighted by Gasteiger charge is -2.28. The van der Waals surface area contributed by atoms with Gasteiger partial charge < -0.3 is 10.2 Å². The third-order valence-corrected chi connectivity index (χ3v) is 4.44. The van der Waals surface area contributed by atoms with E-state index in [1.807, 2.05) is 32.0 Å². The topological polar surface area (TPSA) is 59.6 Å². The SMILES string of the molecule is CC1(C)C=Cc2cc(C(=NCCCCc3ccccc3)NN)ccc2O1. The zero-order valence-electron chi connectivity index (χ0n) is 15.5. The van der Waals surface area contributed by atoms with Crippen molar-refractivity contribution in [2.45, 2.75) is 38.7 Å². The minimum absolute atomic E-state index is 0.268. The molecule has 2 aromatic carbocycles. The van der Waals surface area contributed by atoms with Crippen molar-refractivity contribution in [2.75, 3.05) is 6.54 Å². The summed E-state index contributed by atoms with van der Waals surface area (Å²) in [4.78, 5) is 4.64. The molecule has 4 heteroatoms. The summed E-state index contributed by atoms with van der Waals surface area (Å²) in [5.41, 5.74) is 5.86. The van der Waals surface area contributed by atoms with E-state index in [2.05, 4.69) is 52.9 Å². The standard InChI is InChI=1S/C22H27N3O/c1-22(2)14-13-18-16-19(11-12-20(18)26-22)21(25-23)24-15-7-6-10-17-8-4-3-5-9-17/h3-5,8-9,11-14,16H,6-7,10,15,23H2,1-2H3,(H,24,25). The summed E-state index contributed by atoms with van der Waals surface area (Å²) in [6, 6.07) is 16.6. The zero-order chi connectivity index (χ0) is 18.4. The van der Waals surface area contributed by atoms with Gasteiger partial charge in [-0.1, -0.05) is 36.4 Å². The van der Waals surface area contributed by atoms with Crippen LogP contribution in [0.4, 0.5) is 0 Å². The predicted octanol–water partition coefficient (Wildman–Crippen LogP) is 4.10. The molecule has 136 valence electrons. The fraction of sp³-hybridized carbons (Fsp3) is 0.318. The second-order valence-electron chi connectivity index (χ2n) is 7.11. The van der Waals surface area contributed by atoms with E-state index < -0.39 is 0 Å². The smallest absolute Gasteiger partial charge is 0.142 e. The molecule has 1 aliphatic heterocycles. The van der Waals surface area contributed by atoms with Crippen molar-refractivity contribution in [3.05, 3.63) is 71.3 Å². The number of hydrazine groups is 1. The fourth-order valence-electron chi connectivity index (χ4n) is 3.02. The van der Waals surface area contributed by atoms with Gasteiger partial charge in [-0.15, -0.1) is 0 Å². The van der Waals surface area contributed by atoms with E-state index >= 15 is 0 Å². The summed E-state index contributed by atoms with van der Waals surface area (Å²) in [5, 5.41) is 0. The van der Waals surface area contributed by atoms with Crippen LogP contribution in [0.15, 0.2) is 59.6 Å². The van der Waals surface area contributed by atoms with Crippen LogP contribution < -0.4 is 16.0 Å². The predicted molar refractivity (Wildman–Crippen MR) is 108 cm³/mol. The van der Waals surface area contributed by atoms with Crippen molar-refractivity contribution in [3.63, 3.8) is 0 Å². The van der Waals surface area contributed by atoms with Gasteiger partial charge in [0.05, 0.1) is 0 Å². The number of aryl methyl sites for hydroxylation is 1. The first kappa shape index (κ1) is 18.2. The Bertz CT molecular complexity index is 794. The van der Waals surface area contributed by atoms with Crippen molar-refractivity contribution in [1.29, 1.82) is 0 Å². The molecule has 0 atom stereocenters. The minimum Gasteiger partial charge on any atom is -0.483 e. The highest BCUT2D eigenvalue weighted by atomic mass is 16.5. The van der Waals surface area contributed by atoms with Crippen LogP contribution in [-0.4, -0.2) is 18.0 Å². The van der Waals surface area contributed by atoms with Crippen LogP contribution >= 0.6 is 0 Å². The lowest BCUT2D eigenvalue weighted by atomic mass is 10.0. The number of rotatable bonds is 6. The van der Waals surface area contributed by atoms with Crippen LogP contribution in [-0.2, 0) is 6.42 Å². The molecular weight excluding hydrogens is 322 g/mol. The second kappa shape index (κ2) is 8.19. The highest BCUT2D eigenvalue weighted by Gasteiger charge is 2.21. The van der Waals surface area contributed by atoms with Gasteiger partial charge in [0.2, 0.25) is 0 Å². The van der Waals surface area contributed by atoms with Crippen molar-refractivity contribution < 1.29 is 4.74 Å². The number of hydrogen-bond donors (Lipinski definition) is 2. The Morgan fingerprint density at radius 2 is 1.92 bits per heavy atom. The fourth-order valence-corrected chi connectivity index (χ4v) is 3.02. The maximum atomic E-state index is 5.96. The molecule has 0 saturated heterocycles. The Morgan fingerprint density at radius 1 is 1.12 bits per heavy atom. The van der Waals surface area contributed by atoms with Crippen LogP contribution in [0.1, 0.15) is 43.4 Å². The van der Waals surface area contributed by atoms with E-state index in [0.717, 1.165) is 42.7 Å². The molecule has 2 aromatic rings. The van der Waals surface area contributed by atoms with Crippen molar-refractivity contribution in [2.24, 2.45) is 10.8 Å². The molecule has 0 spiro atoms. The van der Waals surface area contributed by atoms with Gasteiger partial charge in [0.25, 0.3) is 0 Å². The van der Waals surface area contributed by atoms with E-state index in [4.69, 9.17) is 10.6 Å². The quantitative estimate of drug-likeness (QED) is 0.271. The number of hydrogen-bond acceptors (Lipinski definition) is 3. The third kappa shape index (κ3) is 4.73. The summed E-state index contributed by atoms with van der Waals surface area (Å²) < 4.78 is 5.96. The average molecular weight is 349 g/mol. The number of fused-ring (bicyclic) bond motifs is 1. The Morgan fingerprint density at radius 3 is 2.69 bits per heavy atom. The normalized spacial score (nSPS) is 15.3. The van der Waals surface area contributed by atoms with E-state index in [9.17, 15) is 0 Å². The lowest BCUT2D eigenvalue weighted by molar-refractivity contribution is 0.159. The summed E-state index contributed by atoms with van der Waals surface area (Å²) >= 11 is 0. The summed E-state index contributed by atoms with van der Waals surface area (Å²) in [6.45, 7) is 4.84. The summed E-state index contributed by atoms with van der Waals surface area (Å²) in [7, 11) is 0. The van der Waals surface area contributed by atoms with E-state index in [1.54, 1.807) is 0 Å². The molecule has 26 heavy (non-hydrogen) atoms. The molecule has 0 radical (unpaired) electrons. The average Bonchev–Trinajstić information content (AvgIpc) is 2.64. The molecule has 0 bridgehead atoms. The molecule has 0 aliphatic carbocycles. The van der Waals surface area contributed by atoms with Crippen LogP contribution in [0.3, 0.4) is 0 Å². The molecule has 4 nitrogen and oxygen atoms in total. The molecule has 0 unspecified atom stereocenters. The lowest BCUT2D eigenvalue weighted by Crippen LogP contribution is -2.32. The van der Waals surface area contributed by atoms with Gasteiger partial charge >= 0.3 is 0 Å². The molecule has 3 rings (SSSR count). The van der Waals surface area contributed by atoms with E-state index in [0.29, 0.717) is 5.84 Å². The van der Waals surface area contributed by atoms with E-state index in [1.165, 1.54) is 5.56 Å². The van der Waals surface area contributed by atoms with Gasteiger partial charge in [-0.25, -0.2) is 5.84 Å². The van der Waals surface area contributed by atoms with Gasteiger partial charge in [0.1, 0.15) is 17.2 Å². The largest absolute Gasteiger partial charge is 0.483 e. The first-order chi connectivity index (χ1) is 12.6. The molecule has 0 amide bonds. The van der Waals surface area contributed by atoms with Crippen molar-refractivity contribution >= 4 is 11.9 Å². The first-order valence-corrected chi connectivity index (χ1v) is 9.15. The Kier molecular flexibility index (Phi) is 5.74. The molecular formula is C22H27N3O. The maximum Gasteiger partial charge on any atom is 0.142 e. The Hall–Kier alpha value is -2.59. The van der Waals surface area contributed by atoms with Gasteiger partial charge in [-0.2, -0.15) is 0 Å². The molecule has 1 heterocycles. The second-order valence-corrected chi connectivity index (χ2v) is 7.11. The van der Waals surface area contributed by atoms with Crippen LogP contribution in [0.2, 0.25) is 0 Å². The molecule has 3 N–H and O–H groups in total. The van der Waals surface area contributed by atoms with Gasteiger partial charge in [-0.05, 0) is 62.9 Å². The zero-order valence-corrected chi connectivity index (χ0v) is 15.5. The first-order valence-electron chi connectivity index (χ1n) is 9.15. The third-order valence-electron chi connectivity index (χ3n) is 4.44. The number of benzene rings is 2. The van der Waals surface area contributed by atoms with Crippen LogP contribution in [0, 0.1) is 0 Å². The molecule has 0 fully saturated rings. The summed E-state index contributed by atoms with van der Waals surface area (Å²) in [5.74, 6) is 7.30. The highest BCUT2D eigenvalue weighted by Crippen LogP contribution is 2.31. The number of unbranched alkanes of at least 4 members (excludes halogenated alkanes) is 1. The minimum atomic E-state index is -0.268. The number of nitrogens with two attached hydrogens (primary N) is 1. The number of aliphatic imine (C=N–C) groups is 1. The number of ether oxygens (including phenoxy) is 1. The van der Waals surface area contributed by atoms with Crippen LogP contribution in [0.5, 0.6) is 5.75 Å². The number of nitrogens with one attached hydrogen (secondary N) is 1. The van der Waals surface area contributed by atoms with Gasteiger partial charge in [-0.3, -0.25) is 4.99 Å². The highest BCUT2D eigenvalue weighted by molar-refractivity contribution is 5.99. The number of nitrogens with zero attached hydrogens (tertiary/aromatic N) is 1. The Balaban J connectivity index is 1.59. The van der Waals surface area contributed by atoms with Crippen molar-refractivity contribution in [1.82, 2.24) is 5.43 Å². The van der Waals surface area contributed by atoms with Gasteiger partial charge in [0.15, 0.2) is 0 Å². The molecule has 0 aromatic heterocycles. The summed E-state index contributed by atoms with van der Waals surface area (Å²) in [6.07, 6.45) is 7.38. The van der Waals surface area contributed by atoms with Crippen LogP contribution in [0.25, 0.3) is 6.08 Å². The van der Waals surface area contributed by atoms with E-state index in [-0.39, 0.29) is 5.60 Å². The Labute approximate surface area is 155 Å². The van der Waals surface area contributed by atoms with Crippen molar-refractivity contribution in [3.8, 4) is 5.75 Å². The van der Waals surface area contributed by atoms with Gasteiger partial charge in [0, 0.05) is 17.7 Å². The molecule has 1 aliphatic rings. The number of amidine groups is 1. The molecule has 0 saturated carbocycles.